The lowest BCUT2D eigenvalue weighted by molar-refractivity contribution is -0.106. The van der Waals surface area contributed by atoms with Gasteiger partial charge in [0.2, 0.25) is 0 Å². The van der Waals surface area contributed by atoms with Gasteiger partial charge in [-0.25, -0.2) is 0 Å². The molecule has 0 aromatic heterocycles. The fraction of sp³-hybridized carbons (Fsp3) is 0.556. The van der Waals surface area contributed by atoms with Crippen LogP contribution in [0.5, 0.6) is 5.75 Å². The van der Waals surface area contributed by atoms with E-state index in [1.54, 1.807) is 0 Å². The molecular weight excluding hydrogens is 386 g/mol. The van der Waals surface area contributed by atoms with Crippen molar-refractivity contribution in [3.05, 3.63) is 65.7 Å². The number of para-hydroxylation sites is 1. The molecule has 4 heterocycles. The summed E-state index contributed by atoms with van der Waals surface area (Å²) in [5, 5.41) is 12.2. The molecule has 0 spiro atoms. The van der Waals surface area contributed by atoms with Gasteiger partial charge in [-0.1, -0.05) is 48.5 Å². The van der Waals surface area contributed by atoms with Gasteiger partial charge in [-0.3, -0.25) is 0 Å². The van der Waals surface area contributed by atoms with Gasteiger partial charge in [0.05, 0.1) is 18.8 Å². The van der Waals surface area contributed by atoms with E-state index in [2.05, 4.69) is 53.4 Å². The number of fused-ring (bicyclic) bond motifs is 3. The highest BCUT2D eigenvalue weighted by atomic mass is 16.5. The Hall–Kier alpha value is -1.88. The van der Waals surface area contributed by atoms with Crippen LogP contribution in [0.3, 0.4) is 0 Å². The highest BCUT2D eigenvalue weighted by Gasteiger charge is 2.47. The van der Waals surface area contributed by atoms with Crippen molar-refractivity contribution in [1.29, 1.82) is 0 Å². The standard InChI is InChI=1S/C27H35NO3.H2/c29-27(23-7-2-1-3-8-23,25-20-28-16-11-21(25)12-17-28)15-10-22-6-4-5-9-26(22)31-24-13-18-30-19-14-24;/h1-9,21,24-25,29H,10-20H2;1H. The predicted octanol–water partition coefficient (Wildman–Crippen LogP) is 4.65. The van der Waals surface area contributed by atoms with E-state index < -0.39 is 5.60 Å². The van der Waals surface area contributed by atoms with Crippen LogP contribution >= 0.6 is 0 Å². The molecule has 4 saturated heterocycles. The molecule has 6 rings (SSSR count). The first-order chi connectivity index (χ1) is 15.2. The third-order valence-electron chi connectivity index (χ3n) is 7.75. The van der Waals surface area contributed by atoms with Crippen molar-refractivity contribution in [3.8, 4) is 5.75 Å². The van der Waals surface area contributed by atoms with Gasteiger partial charge in [0, 0.05) is 26.7 Å². The van der Waals surface area contributed by atoms with E-state index in [9.17, 15) is 5.11 Å². The normalized spacial score (nSPS) is 28.2. The Balaban J connectivity index is 0.00000245. The molecule has 2 bridgehead atoms. The molecule has 2 atom stereocenters. The van der Waals surface area contributed by atoms with Crippen LogP contribution in [0.2, 0.25) is 0 Å². The van der Waals surface area contributed by atoms with Gasteiger partial charge in [-0.2, -0.15) is 0 Å². The van der Waals surface area contributed by atoms with Gasteiger partial charge in [0.15, 0.2) is 0 Å². The van der Waals surface area contributed by atoms with Crippen LogP contribution < -0.4 is 4.74 Å². The Morgan fingerprint density at radius 2 is 1.68 bits per heavy atom. The SMILES string of the molecule is OC(CCc1ccccc1OC1CCOCC1)(c1ccccc1)C1CN2CCC1CC2.[HH]. The molecule has 4 nitrogen and oxygen atoms in total. The Kier molecular flexibility index (Phi) is 6.31. The topological polar surface area (TPSA) is 41.9 Å². The monoisotopic (exact) mass is 423 g/mol. The smallest absolute Gasteiger partial charge is 0.122 e. The second-order valence-corrected chi connectivity index (χ2v) is 9.57. The minimum absolute atomic E-state index is 0. The quantitative estimate of drug-likeness (QED) is 0.704. The summed E-state index contributed by atoms with van der Waals surface area (Å²) in [6, 6.07) is 18.8. The van der Waals surface area contributed by atoms with Crippen LogP contribution in [0.25, 0.3) is 0 Å². The van der Waals surface area contributed by atoms with Gasteiger partial charge in [0.1, 0.15) is 11.9 Å². The van der Waals surface area contributed by atoms with Gasteiger partial charge < -0.3 is 19.5 Å². The molecule has 1 N–H and O–H groups in total. The van der Waals surface area contributed by atoms with Crippen LogP contribution in [-0.2, 0) is 16.8 Å². The Bertz CT molecular complexity index is 849. The maximum Gasteiger partial charge on any atom is 0.122 e. The van der Waals surface area contributed by atoms with Gasteiger partial charge in [0.25, 0.3) is 0 Å². The number of piperidine rings is 3. The number of hydrogen-bond acceptors (Lipinski definition) is 4. The van der Waals surface area contributed by atoms with Gasteiger partial charge in [-0.05, 0) is 61.9 Å². The Labute approximate surface area is 187 Å². The number of benzene rings is 2. The lowest BCUT2D eigenvalue weighted by Crippen LogP contribution is -2.55. The van der Waals surface area contributed by atoms with Crippen LogP contribution in [0.4, 0.5) is 0 Å². The molecule has 0 aliphatic carbocycles. The molecular formula is C27H37NO3. The minimum atomic E-state index is -0.809. The molecule has 2 aromatic rings. The maximum atomic E-state index is 12.2. The van der Waals surface area contributed by atoms with Crippen molar-refractivity contribution in [3.63, 3.8) is 0 Å². The summed E-state index contributed by atoms with van der Waals surface area (Å²) in [7, 11) is 0. The van der Waals surface area contributed by atoms with E-state index in [0.29, 0.717) is 11.8 Å². The van der Waals surface area contributed by atoms with Crippen molar-refractivity contribution in [2.45, 2.75) is 50.2 Å². The molecule has 31 heavy (non-hydrogen) atoms. The third kappa shape index (κ3) is 4.52. The molecule has 2 aromatic carbocycles. The maximum absolute atomic E-state index is 12.2. The lowest BCUT2D eigenvalue weighted by Gasteiger charge is -2.51. The fourth-order valence-corrected chi connectivity index (χ4v) is 5.90. The highest BCUT2D eigenvalue weighted by molar-refractivity contribution is 5.34. The summed E-state index contributed by atoms with van der Waals surface area (Å²) in [5.74, 6) is 1.88. The van der Waals surface area contributed by atoms with Crippen LogP contribution in [-0.4, -0.2) is 49.0 Å². The lowest BCUT2D eigenvalue weighted by atomic mass is 9.66. The van der Waals surface area contributed by atoms with E-state index in [1.807, 2.05) is 6.07 Å². The Morgan fingerprint density at radius 3 is 2.39 bits per heavy atom. The molecule has 0 saturated carbocycles. The van der Waals surface area contributed by atoms with Crippen LogP contribution in [0.15, 0.2) is 54.6 Å². The minimum Gasteiger partial charge on any atom is -0.490 e. The molecule has 4 fully saturated rings. The molecule has 0 amide bonds. The fourth-order valence-electron chi connectivity index (χ4n) is 5.90. The summed E-state index contributed by atoms with van der Waals surface area (Å²) in [6.45, 7) is 4.94. The van der Waals surface area contributed by atoms with Crippen molar-refractivity contribution >= 4 is 0 Å². The van der Waals surface area contributed by atoms with E-state index >= 15 is 0 Å². The zero-order valence-electron chi connectivity index (χ0n) is 18.4. The summed E-state index contributed by atoms with van der Waals surface area (Å²) >= 11 is 0. The number of ether oxygens (including phenoxy) is 2. The summed E-state index contributed by atoms with van der Waals surface area (Å²) < 4.78 is 11.9. The van der Waals surface area contributed by atoms with Crippen molar-refractivity contribution in [1.82, 2.24) is 4.90 Å². The van der Waals surface area contributed by atoms with E-state index in [1.165, 1.54) is 31.5 Å². The van der Waals surface area contributed by atoms with Crippen molar-refractivity contribution in [2.75, 3.05) is 32.8 Å². The van der Waals surface area contributed by atoms with E-state index in [-0.39, 0.29) is 7.53 Å². The molecule has 4 aliphatic rings. The number of hydrogen-bond donors (Lipinski definition) is 1. The summed E-state index contributed by atoms with van der Waals surface area (Å²) in [4.78, 5) is 2.54. The Morgan fingerprint density at radius 1 is 0.968 bits per heavy atom. The van der Waals surface area contributed by atoms with Gasteiger partial charge >= 0.3 is 0 Å². The highest BCUT2D eigenvalue weighted by Crippen LogP contribution is 2.46. The first kappa shape index (κ1) is 21.0. The number of nitrogens with zero attached hydrogens (tertiary/aromatic N) is 1. The van der Waals surface area contributed by atoms with E-state index in [4.69, 9.17) is 9.47 Å². The number of aryl methyl sites for hydroxylation is 1. The molecule has 2 unspecified atom stereocenters. The molecule has 168 valence electrons. The third-order valence-corrected chi connectivity index (χ3v) is 7.75. The zero-order valence-corrected chi connectivity index (χ0v) is 18.4. The molecule has 0 radical (unpaired) electrons. The predicted molar refractivity (Wildman–Crippen MR) is 124 cm³/mol. The first-order valence-electron chi connectivity index (χ1n) is 12.0. The number of aliphatic hydroxyl groups is 1. The summed E-state index contributed by atoms with van der Waals surface area (Å²) in [5.41, 5.74) is 1.46. The second-order valence-electron chi connectivity index (χ2n) is 9.57. The molecule has 4 heteroatoms. The average Bonchev–Trinajstić information content (AvgIpc) is 2.85. The van der Waals surface area contributed by atoms with E-state index in [0.717, 1.165) is 56.8 Å². The van der Waals surface area contributed by atoms with Crippen molar-refractivity contribution in [2.24, 2.45) is 11.8 Å². The van der Waals surface area contributed by atoms with Crippen LogP contribution in [0, 0.1) is 11.8 Å². The second kappa shape index (κ2) is 9.32. The largest absolute Gasteiger partial charge is 0.490 e. The molecule has 4 aliphatic heterocycles. The van der Waals surface area contributed by atoms with Crippen LogP contribution in [0.1, 0.15) is 44.7 Å². The first-order valence-corrected chi connectivity index (χ1v) is 12.0. The van der Waals surface area contributed by atoms with Crippen molar-refractivity contribution < 1.29 is 16.0 Å². The average molecular weight is 424 g/mol. The number of rotatable bonds is 7. The summed E-state index contributed by atoms with van der Waals surface area (Å²) in [6.07, 6.45) is 6.08. The van der Waals surface area contributed by atoms with Gasteiger partial charge in [-0.15, -0.1) is 0 Å². The zero-order chi connectivity index (χ0) is 21.1.